The van der Waals surface area contributed by atoms with Crippen LogP contribution in [0.5, 0.6) is 0 Å². The second kappa shape index (κ2) is 13.3. The highest BCUT2D eigenvalue weighted by atomic mass is 32.2. The molecule has 0 saturated carbocycles. The summed E-state index contributed by atoms with van der Waals surface area (Å²) in [6, 6.07) is 20.2. The molecule has 1 N–H and O–H groups in total. The first-order valence-corrected chi connectivity index (χ1v) is 14.6. The molecular weight excluding hydrogens is 555 g/mol. The van der Waals surface area contributed by atoms with Crippen molar-refractivity contribution < 1.29 is 31.1 Å². The Balaban J connectivity index is 1.59. The molecule has 4 rings (SSSR count). The van der Waals surface area contributed by atoms with Crippen LogP contribution in [0.4, 0.5) is 13.2 Å². The smallest absolute Gasteiger partial charge is 0.385 e. The number of halogens is 3. The number of nitrogens with one attached hydrogen (secondary N) is 1. The number of nitrogens with zero attached hydrogens (tertiary/aromatic N) is 2. The molecule has 1 amide bonds. The Bertz CT molecular complexity index is 1540. The number of benzene rings is 3. The van der Waals surface area contributed by atoms with Gasteiger partial charge >= 0.3 is 6.18 Å². The molecule has 0 radical (unpaired) electrons. The summed E-state index contributed by atoms with van der Waals surface area (Å²) in [7, 11) is -2.48. The van der Waals surface area contributed by atoms with Crippen molar-refractivity contribution in [3.05, 3.63) is 102 Å². The van der Waals surface area contributed by atoms with Gasteiger partial charge in [0.25, 0.3) is 0 Å². The van der Waals surface area contributed by atoms with E-state index < -0.39 is 34.2 Å². The van der Waals surface area contributed by atoms with E-state index in [0.29, 0.717) is 25.0 Å². The number of aromatic nitrogens is 1. The van der Waals surface area contributed by atoms with Crippen molar-refractivity contribution in [3.63, 3.8) is 0 Å². The van der Waals surface area contributed by atoms with E-state index in [4.69, 9.17) is 4.74 Å². The number of H-pyrrole nitrogens is 1. The number of para-hydroxylation sites is 1. The number of carbonyl (C=O) groups excluding carboxylic acids is 1. The molecule has 0 unspecified atom stereocenters. The zero-order chi connectivity index (χ0) is 29.5. The molecule has 0 fully saturated rings. The van der Waals surface area contributed by atoms with Crippen LogP contribution in [-0.2, 0) is 38.7 Å². The van der Waals surface area contributed by atoms with Crippen LogP contribution in [0.15, 0.2) is 90.0 Å². The first kappa shape index (κ1) is 30.3. The molecular formula is C30H32F3N3O4S. The van der Waals surface area contributed by atoms with Crippen LogP contribution in [0.25, 0.3) is 10.9 Å². The molecule has 1 aromatic heterocycles. The van der Waals surface area contributed by atoms with E-state index in [2.05, 4.69) is 4.98 Å². The number of rotatable bonds is 13. The minimum absolute atomic E-state index is 0.0244. The zero-order valence-corrected chi connectivity index (χ0v) is 23.4. The molecule has 11 heteroatoms. The second-order valence-corrected chi connectivity index (χ2v) is 11.6. The molecule has 0 spiro atoms. The Morgan fingerprint density at radius 2 is 1.61 bits per heavy atom. The van der Waals surface area contributed by atoms with Gasteiger partial charge in [-0.25, -0.2) is 8.42 Å². The van der Waals surface area contributed by atoms with Gasteiger partial charge in [-0.3, -0.25) is 4.79 Å². The van der Waals surface area contributed by atoms with E-state index in [-0.39, 0.29) is 24.5 Å². The quantitative estimate of drug-likeness (QED) is 0.210. The van der Waals surface area contributed by atoms with Gasteiger partial charge in [-0.15, -0.1) is 0 Å². The summed E-state index contributed by atoms with van der Waals surface area (Å²) in [6.07, 6.45) is -1.77. The van der Waals surface area contributed by atoms with Crippen molar-refractivity contribution in [2.75, 3.05) is 33.4 Å². The predicted octanol–water partition coefficient (Wildman–Crippen LogP) is 5.49. The van der Waals surface area contributed by atoms with Crippen LogP contribution >= 0.6 is 0 Å². The minimum atomic E-state index is -4.47. The fourth-order valence-electron chi connectivity index (χ4n) is 4.57. The van der Waals surface area contributed by atoms with Gasteiger partial charge < -0.3 is 14.6 Å². The third kappa shape index (κ3) is 7.75. The van der Waals surface area contributed by atoms with Gasteiger partial charge in [-0.2, -0.15) is 17.5 Å². The minimum Gasteiger partial charge on any atom is -0.385 e. The van der Waals surface area contributed by atoms with E-state index >= 15 is 0 Å². The van der Waals surface area contributed by atoms with Gasteiger partial charge in [0.15, 0.2) is 0 Å². The molecule has 0 saturated heterocycles. The molecule has 0 aliphatic carbocycles. The monoisotopic (exact) mass is 587 g/mol. The van der Waals surface area contributed by atoms with Gasteiger partial charge in [0.2, 0.25) is 15.9 Å². The molecule has 7 nitrogen and oxygen atoms in total. The Morgan fingerprint density at radius 1 is 0.927 bits per heavy atom. The summed E-state index contributed by atoms with van der Waals surface area (Å²) in [5, 5.41) is 1.00. The van der Waals surface area contributed by atoms with E-state index in [1.807, 2.05) is 30.5 Å². The molecule has 41 heavy (non-hydrogen) atoms. The molecule has 1 heterocycles. The van der Waals surface area contributed by atoms with E-state index in [0.717, 1.165) is 32.9 Å². The molecule has 0 aliphatic heterocycles. The van der Waals surface area contributed by atoms with Gasteiger partial charge in [-0.05, 0) is 54.3 Å². The predicted molar refractivity (Wildman–Crippen MR) is 151 cm³/mol. The Morgan fingerprint density at radius 3 is 2.29 bits per heavy atom. The summed E-state index contributed by atoms with van der Waals surface area (Å²) < 4.78 is 72.5. The summed E-state index contributed by atoms with van der Waals surface area (Å²) in [6.45, 7) is 0.212. The standard InChI is InChI=1S/C30H32F3N3O4S/c1-40-19-7-17-36(41(38,39)26-8-3-2-4-9-26)22-29(37)35(21-23-12-14-25(15-13-23)30(31,32)33)18-16-24-20-34-28-11-6-5-10-27(24)28/h2-6,8-15,20,34H,7,16-19,21-22H2,1H3. The fourth-order valence-corrected chi connectivity index (χ4v) is 6.02. The highest BCUT2D eigenvalue weighted by Crippen LogP contribution is 2.29. The summed E-state index contributed by atoms with van der Waals surface area (Å²) in [4.78, 5) is 18.5. The number of hydrogen-bond donors (Lipinski definition) is 1. The summed E-state index contributed by atoms with van der Waals surface area (Å²) >= 11 is 0. The Labute approximate surface area is 237 Å². The van der Waals surface area contributed by atoms with Crippen LogP contribution in [0.2, 0.25) is 0 Å². The third-order valence-corrected chi connectivity index (χ3v) is 8.64. The third-order valence-electron chi connectivity index (χ3n) is 6.78. The van der Waals surface area contributed by atoms with Crippen LogP contribution in [0, 0.1) is 0 Å². The molecule has 4 aromatic rings. The van der Waals surface area contributed by atoms with Crippen molar-refractivity contribution >= 4 is 26.8 Å². The first-order chi connectivity index (χ1) is 19.6. The number of aromatic amines is 1. The lowest BCUT2D eigenvalue weighted by Crippen LogP contribution is -2.43. The molecule has 218 valence electrons. The fraction of sp³-hybridized carbons (Fsp3) is 0.300. The number of sulfonamides is 1. The van der Waals surface area contributed by atoms with Crippen LogP contribution in [-0.4, -0.2) is 61.9 Å². The van der Waals surface area contributed by atoms with Gasteiger partial charge in [0.05, 0.1) is 17.0 Å². The average Bonchev–Trinajstić information content (AvgIpc) is 3.38. The van der Waals surface area contributed by atoms with Crippen molar-refractivity contribution in [1.82, 2.24) is 14.2 Å². The Kier molecular flexibility index (Phi) is 9.85. The largest absolute Gasteiger partial charge is 0.416 e. The van der Waals surface area contributed by atoms with Gasteiger partial charge in [0.1, 0.15) is 0 Å². The maximum absolute atomic E-state index is 13.7. The van der Waals surface area contributed by atoms with Gasteiger partial charge in [-0.1, -0.05) is 48.5 Å². The highest BCUT2D eigenvalue weighted by Gasteiger charge is 2.31. The Hall–Kier alpha value is -3.67. The lowest BCUT2D eigenvalue weighted by atomic mass is 10.1. The molecule has 3 aromatic carbocycles. The van der Waals surface area contributed by atoms with Crippen LogP contribution in [0.1, 0.15) is 23.1 Å². The van der Waals surface area contributed by atoms with E-state index in [9.17, 15) is 26.4 Å². The normalized spacial score (nSPS) is 12.2. The molecule has 0 aliphatic rings. The molecule has 0 bridgehead atoms. The maximum Gasteiger partial charge on any atom is 0.416 e. The number of alkyl halides is 3. The second-order valence-electron chi connectivity index (χ2n) is 9.62. The van der Waals surface area contributed by atoms with Crippen LogP contribution in [0.3, 0.4) is 0 Å². The number of hydrogen-bond acceptors (Lipinski definition) is 4. The summed E-state index contributed by atoms with van der Waals surface area (Å²) in [5.41, 5.74) is 1.64. The van der Waals surface area contributed by atoms with E-state index in [1.54, 1.807) is 18.2 Å². The lowest BCUT2D eigenvalue weighted by Gasteiger charge is -2.27. The molecule has 0 atom stereocenters. The number of ether oxygens (including phenoxy) is 1. The van der Waals surface area contributed by atoms with Crippen molar-refractivity contribution in [3.8, 4) is 0 Å². The first-order valence-electron chi connectivity index (χ1n) is 13.1. The number of fused-ring (bicyclic) bond motifs is 1. The highest BCUT2D eigenvalue weighted by molar-refractivity contribution is 7.89. The van der Waals surface area contributed by atoms with Crippen molar-refractivity contribution in [2.24, 2.45) is 0 Å². The zero-order valence-electron chi connectivity index (χ0n) is 22.6. The topological polar surface area (TPSA) is 82.7 Å². The SMILES string of the molecule is COCCCN(CC(=O)N(CCc1c[nH]c2ccccc12)Cc1ccc(C(F)(F)F)cc1)S(=O)(=O)c1ccccc1. The van der Waals surface area contributed by atoms with Crippen molar-refractivity contribution in [1.29, 1.82) is 0 Å². The lowest BCUT2D eigenvalue weighted by molar-refractivity contribution is -0.137. The number of methoxy groups -OCH3 is 1. The number of amides is 1. The average molecular weight is 588 g/mol. The van der Waals surface area contributed by atoms with Gasteiger partial charge in [0, 0.05) is 50.5 Å². The maximum atomic E-state index is 13.7. The van der Waals surface area contributed by atoms with Crippen molar-refractivity contribution in [2.45, 2.75) is 30.5 Å². The number of carbonyl (C=O) groups is 1. The summed E-state index contributed by atoms with van der Waals surface area (Å²) in [5.74, 6) is -0.457. The van der Waals surface area contributed by atoms with E-state index in [1.165, 1.54) is 36.3 Å². The van der Waals surface area contributed by atoms with Crippen LogP contribution < -0.4 is 0 Å².